The molecule has 2 aromatic heterocycles. The summed E-state index contributed by atoms with van der Waals surface area (Å²) in [7, 11) is 0. The number of hydrogen-bond donors (Lipinski definition) is 0. The van der Waals surface area contributed by atoms with Crippen molar-refractivity contribution in [1.82, 2.24) is 14.5 Å². The van der Waals surface area contributed by atoms with Gasteiger partial charge in [0.15, 0.2) is 0 Å². The van der Waals surface area contributed by atoms with Gasteiger partial charge in [0.1, 0.15) is 11.3 Å². The molecule has 2 heterocycles. The van der Waals surface area contributed by atoms with Gasteiger partial charge in [0, 0.05) is 18.4 Å². The fraction of sp³-hybridized carbons (Fsp3) is 0.304. The van der Waals surface area contributed by atoms with E-state index in [1.807, 2.05) is 30.5 Å². The molecular formula is C23H25N3O. The smallest absolute Gasteiger partial charge is 0.110 e. The first kappa shape index (κ1) is 17.7. The van der Waals surface area contributed by atoms with Crippen LogP contribution in [0, 0.1) is 0 Å². The van der Waals surface area contributed by atoms with Crippen molar-refractivity contribution in [2.24, 2.45) is 0 Å². The van der Waals surface area contributed by atoms with Crippen molar-refractivity contribution in [2.45, 2.75) is 39.3 Å². The molecule has 4 heteroatoms. The number of imidazole rings is 1. The zero-order valence-electron chi connectivity index (χ0n) is 15.8. The highest BCUT2D eigenvalue weighted by atomic mass is 16.5. The minimum atomic E-state index is 0.639. The molecule has 0 N–H and O–H groups in total. The maximum Gasteiger partial charge on any atom is 0.110 e. The quantitative estimate of drug-likeness (QED) is 0.409. The lowest BCUT2D eigenvalue weighted by molar-refractivity contribution is 0.113. The van der Waals surface area contributed by atoms with Gasteiger partial charge >= 0.3 is 0 Å². The van der Waals surface area contributed by atoms with E-state index in [0.717, 1.165) is 48.1 Å². The van der Waals surface area contributed by atoms with Crippen molar-refractivity contribution in [3.05, 3.63) is 72.2 Å². The Bertz CT molecular complexity index is 1020. The highest BCUT2D eigenvalue weighted by molar-refractivity contribution is 6.02. The number of aromatic nitrogens is 3. The van der Waals surface area contributed by atoms with Gasteiger partial charge in [-0.15, -0.1) is 0 Å². The van der Waals surface area contributed by atoms with Crippen LogP contribution < -0.4 is 0 Å². The Kier molecular flexibility index (Phi) is 5.45. The molecule has 0 bridgehead atoms. The van der Waals surface area contributed by atoms with Gasteiger partial charge in [-0.1, -0.05) is 61.9 Å². The Morgan fingerprint density at radius 3 is 2.63 bits per heavy atom. The third kappa shape index (κ3) is 3.86. The molecule has 0 aliphatic carbocycles. The molecule has 0 aliphatic heterocycles. The number of pyridine rings is 1. The highest BCUT2D eigenvalue weighted by Crippen LogP contribution is 2.25. The molecule has 0 fully saturated rings. The third-order valence-corrected chi connectivity index (χ3v) is 4.88. The Balaban J connectivity index is 1.61. The number of aryl methyl sites for hydroxylation is 1. The van der Waals surface area contributed by atoms with E-state index in [4.69, 9.17) is 9.72 Å². The second-order valence-electron chi connectivity index (χ2n) is 6.83. The van der Waals surface area contributed by atoms with E-state index >= 15 is 0 Å². The van der Waals surface area contributed by atoms with E-state index in [2.05, 4.69) is 46.8 Å². The molecular weight excluding hydrogens is 334 g/mol. The summed E-state index contributed by atoms with van der Waals surface area (Å²) < 4.78 is 8.28. The van der Waals surface area contributed by atoms with Crippen LogP contribution in [0.15, 0.2) is 60.8 Å². The number of benzene rings is 2. The molecule has 138 valence electrons. The average molecular weight is 359 g/mol. The second-order valence-corrected chi connectivity index (χ2v) is 6.83. The molecule has 0 unspecified atom stereocenters. The zero-order chi connectivity index (χ0) is 18.5. The SMILES string of the molecule is CCCCc1nc2cnc3ccccc3c2n1CCOCc1ccccc1. The van der Waals surface area contributed by atoms with E-state index < -0.39 is 0 Å². The van der Waals surface area contributed by atoms with Crippen LogP contribution in [-0.4, -0.2) is 21.1 Å². The molecule has 0 spiro atoms. The summed E-state index contributed by atoms with van der Waals surface area (Å²) in [4.78, 5) is 9.46. The number of ether oxygens (including phenoxy) is 1. The lowest BCUT2D eigenvalue weighted by Crippen LogP contribution is -2.10. The molecule has 2 aromatic carbocycles. The average Bonchev–Trinajstić information content (AvgIpc) is 3.08. The Hall–Kier alpha value is -2.72. The Morgan fingerprint density at radius 2 is 1.78 bits per heavy atom. The summed E-state index contributed by atoms with van der Waals surface area (Å²) in [5, 5.41) is 1.16. The topological polar surface area (TPSA) is 39.9 Å². The Labute approximate surface area is 159 Å². The monoisotopic (exact) mass is 359 g/mol. The van der Waals surface area contributed by atoms with Crippen molar-refractivity contribution < 1.29 is 4.74 Å². The van der Waals surface area contributed by atoms with Crippen LogP contribution in [-0.2, 0) is 24.3 Å². The number of unbranched alkanes of at least 4 members (excludes halogenated alkanes) is 1. The molecule has 4 aromatic rings. The van der Waals surface area contributed by atoms with Crippen LogP contribution in [0.3, 0.4) is 0 Å². The van der Waals surface area contributed by atoms with Crippen molar-refractivity contribution >= 4 is 21.9 Å². The number of fused-ring (bicyclic) bond motifs is 3. The number of nitrogens with zero attached hydrogens (tertiary/aromatic N) is 3. The molecule has 0 amide bonds. The predicted molar refractivity (Wildman–Crippen MR) is 110 cm³/mol. The lowest BCUT2D eigenvalue weighted by Gasteiger charge is -2.11. The largest absolute Gasteiger partial charge is 0.375 e. The van der Waals surface area contributed by atoms with Crippen molar-refractivity contribution in [3.63, 3.8) is 0 Å². The molecule has 0 saturated heterocycles. The van der Waals surface area contributed by atoms with Gasteiger partial charge in [-0.2, -0.15) is 0 Å². The second kappa shape index (κ2) is 8.31. The molecule has 4 rings (SSSR count). The number of para-hydroxylation sites is 1. The first-order valence-corrected chi connectivity index (χ1v) is 9.71. The summed E-state index contributed by atoms with van der Waals surface area (Å²) in [6, 6.07) is 18.6. The van der Waals surface area contributed by atoms with Gasteiger partial charge in [-0.05, 0) is 18.1 Å². The third-order valence-electron chi connectivity index (χ3n) is 4.88. The summed E-state index contributed by atoms with van der Waals surface area (Å²) in [5.74, 6) is 1.13. The summed E-state index contributed by atoms with van der Waals surface area (Å²) in [5.41, 5.74) is 4.37. The van der Waals surface area contributed by atoms with Gasteiger partial charge < -0.3 is 9.30 Å². The lowest BCUT2D eigenvalue weighted by atomic mass is 10.2. The van der Waals surface area contributed by atoms with Gasteiger partial charge in [0.2, 0.25) is 0 Å². The molecule has 0 atom stereocenters. The van der Waals surface area contributed by atoms with Crippen molar-refractivity contribution in [2.75, 3.05) is 6.61 Å². The molecule has 4 nitrogen and oxygen atoms in total. The van der Waals surface area contributed by atoms with Crippen LogP contribution in [0.4, 0.5) is 0 Å². The summed E-state index contributed by atoms with van der Waals surface area (Å²) >= 11 is 0. The van der Waals surface area contributed by atoms with E-state index in [1.165, 1.54) is 11.1 Å². The molecule has 0 radical (unpaired) electrons. The molecule has 0 saturated carbocycles. The number of rotatable bonds is 8. The van der Waals surface area contributed by atoms with Gasteiger partial charge in [-0.3, -0.25) is 4.98 Å². The number of hydrogen-bond acceptors (Lipinski definition) is 3. The summed E-state index contributed by atoms with van der Waals surface area (Å²) in [6.45, 7) is 4.32. The first-order valence-electron chi connectivity index (χ1n) is 9.71. The Morgan fingerprint density at radius 1 is 0.963 bits per heavy atom. The van der Waals surface area contributed by atoms with Crippen LogP contribution in [0.1, 0.15) is 31.2 Å². The van der Waals surface area contributed by atoms with E-state index in [-0.39, 0.29) is 0 Å². The normalized spacial score (nSPS) is 11.4. The zero-order valence-corrected chi connectivity index (χ0v) is 15.8. The maximum absolute atomic E-state index is 5.95. The minimum absolute atomic E-state index is 0.639. The molecule has 27 heavy (non-hydrogen) atoms. The van der Waals surface area contributed by atoms with E-state index in [1.54, 1.807) is 0 Å². The first-order chi connectivity index (χ1) is 13.4. The van der Waals surface area contributed by atoms with Crippen LogP contribution in [0.5, 0.6) is 0 Å². The van der Waals surface area contributed by atoms with Gasteiger partial charge in [-0.25, -0.2) is 4.98 Å². The maximum atomic E-state index is 5.95. The highest BCUT2D eigenvalue weighted by Gasteiger charge is 2.13. The van der Waals surface area contributed by atoms with E-state index in [9.17, 15) is 0 Å². The molecule has 0 aliphatic rings. The summed E-state index contributed by atoms with van der Waals surface area (Å²) in [6.07, 6.45) is 5.18. The fourth-order valence-electron chi connectivity index (χ4n) is 3.50. The minimum Gasteiger partial charge on any atom is -0.375 e. The standard InChI is InChI=1S/C23H25N3O/c1-2-3-13-22-25-21-16-24-20-12-8-7-11-19(20)23(21)26(22)14-15-27-17-18-9-5-4-6-10-18/h4-12,16H,2-3,13-15,17H2,1H3. The van der Waals surface area contributed by atoms with Crippen molar-refractivity contribution in [1.29, 1.82) is 0 Å². The van der Waals surface area contributed by atoms with E-state index in [0.29, 0.717) is 13.2 Å². The fourth-order valence-corrected chi connectivity index (χ4v) is 3.50. The van der Waals surface area contributed by atoms with Crippen LogP contribution in [0.25, 0.3) is 21.9 Å². The predicted octanol–water partition coefficient (Wildman–Crippen LogP) is 5.14. The van der Waals surface area contributed by atoms with Crippen LogP contribution >= 0.6 is 0 Å². The van der Waals surface area contributed by atoms with Crippen molar-refractivity contribution in [3.8, 4) is 0 Å². The van der Waals surface area contributed by atoms with Gasteiger partial charge in [0.25, 0.3) is 0 Å². The van der Waals surface area contributed by atoms with Gasteiger partial charge in [0.05, 0.1) is 30.4 Å². The van der Waals surface area contributed by atoms with Crippen LogP contribution in [0.2, 0.25) is 0 Å².